The first-order chi connectivity index (χ1) is 13.0. The van der Waals surface area contributed by atoms with Gasteiger partial charge in [-0.15, -0.1) is 0 Å². The molecule has 2 aromatic heterocycles. The number of H-pyrrole nitrogens is 1. The summed E-state index contributed by atoms with van der Waals surface area (Å²) in [4.78, 5) is 33.0. The van der Waals surface area contributed by atoms with Crippen LogP contribution in [0.4, 0.5) is 16.4 Å². The van der Waals surface area contributed by atoms with Gasteiger partial charge >= 0.3 is 6.09 Å². The minimum absolute atomic E-state index is 0.177. The number of hydrogen-bond donors (Lipinski definition) is 2. The Labute approximate surface area is 159 Å². The van der Waals surface area contributed by atoms with Crippen LogP contribution in [0.25, 0.3) is 10.9 Å². The number of benzene rings is 1. The van der Waals surface area contributed by atoms with Gasteiger partial charge in [0.05, 0.1) is 12.6 Å². The summed E-state index contributed by atoms with van der Waals surface area (Å²) < 4.78 is 4.95. The number of ether oxygens (including phenoxy) is 1. The number of nitrogens with one attached hydrogen (secondary N) is 2. The first-order valence-electron chi connectivity index (χ1n) is 8.51. The molecule has 1 aliphatic heterocycles. The van der Waals surface area contributed by atoms with Crippen LogP contribution in [0.2, 0.25) is 5.02 Å². The standard InChI is InChI=1S/C19H17ClN4O3/c1-11(14-10-12-9-13(20)5-6-15(12)22-18(14)25)21-16-3-2-4-17(23-16)24-7-8-27-19(24)26/h2-6,9-11H,7-8H2,1H3,(H,21,23)(H,22,25). The molecule has 0 bridgehead atoms. The fourth-order valence-electron chi connectivity index (χ4n) is 3.07. The summed E-state index contributed by atoms with van der Waals surface area (Å²) in [7, 11) is 0. The molecule has 0 spiro atoms. The molecule has 138 valence electrons. The number of pyridine rings is 2. The fraction of sp³-hybridized carbons (Fsp3) is 0.211. The third-order valence-electron chi connectivity index (χ3n) is 4.44. The first-order valence-corrected chi connectivity index (χ1v) is 8.89. The van der Waals surface area contributed by atoms with E-state index >= 15 is 0 Å². The summed E-state index contributed by atoms with van der Waals surface area (Å²) in [6.07, 6.45) is -0.407. The highest BCUT2D eigenvalue weighted by atomic mass is 35.5. The van der Waals surface area contributed by atoms with Gasteiger partial charge < -0.3 is 15.0 Å². The summed E-state index contributed by atoms with van der Waals surface area (Å²) >= 11 is 6.05. The molecule has 0 aliphatic carbocycles. The molecular weight excluding hydrogens is 368 g/mol. The Morgan fingerprint density at radius 2 is 2.11 bits per heavy atom. The molecule has 1 aromatic carbocycles. The fourth-order valence-corrected chi connectivity index (χ4v) is 3.25. The van der Waals surface area contributed by atoms with Crippen molar-refractivity contribution in [1.82, 2.24) is 9.97 Å². The minimum Gasteiger partial charge on any atom is -0.447 e. The summed E-state index contributed by atoms with van der Waals surface area (Å²) in [5, 5.41) is 4.67. The topological polar surface area (TPSA) is 87.3 Å². The maximum Gasteiger partial charge on any atom is 0.415 e. The Hall–Kier alpha value is -3.06. The van der Waals surface area contributed by atoms with Crippen molar-refractivity contribution in [3.8, 4) is 0 Å². The maximum atomic E-state index is 12.5. The Morgan fingerprint density at radius 3 is 2.89 bits per heavy atom. The average Bonchev–Trinajstić information content (AvgIpc) is 3.07. The lowest BCUT2D eigenvalue weighted by Gasteiger charge is -2.17. The normalized spacial score (nSPS) is 15.0. The number of fused-ring (bicyclic) bond motifs is 1. The Morgan fingerprint density at radius 1 is 1.26 bits per heavy atom. The maximum absolute atomic E-state index is 12.5. The van der Waals surface area contributed by atoms with Gasteiger partial charge in [-0.25, -0.2) is 9.78 Å². The van der Waals surface area contributed by atoms with E-state index in [0.29, 0.717) is 35.4 Å². The van der Waals surface area contributed by atoms with E-state index in [2.05, 4.69) is 15.3 Å². The molecule has 1 fully saturated rings. The van der Waals surface area contributed by atoms with Crippen molar-refractivity contribution < 1.29 is 9.53 Å². The van der Waals surface area contributed by atoms with E-state index in [9.17, 15) is 9.59 Å². The van der Waals surface area contributed by atoms with E-state index in [1.165, 1.54) is 4.90 Å². The van der Waals surface area contributed by atoms with Gasteiger partial charge in [-0.3, -0.25) is 9.69 Å². The molecule has 1 atom stereocenters. The van der Waals surface area contributed by atoms with Gasteiger partial charge in [-0.1, -0.05) is 17.7 Å². The molecule has 1 aliphatic rings. The van der Waals surface area contributed by atoms with Crippen LogP contribution in [0.1, 0.15) is 18.5 Å². The second kappa shape index (κ2) is 6.92. The predicted molar refractivity (Wildman–Crippen MR) is 105 cm³/mol. The van der Waals surface area contributed by atoms with E-state index in [1.54, 1.807) is 36.4 Å². The number of rotatable bonds is 4. The average molecular weight is 385 g/mol. The molecule has 3 aromatic rings. The molecule has 7 nitrogen and oxygen atoms in total. The van der Waals surface area contributed by atoms with Crippen molar-refractivity contribution in [3.63, 3.8) is 0 Å². The molecule has 1 saturated heterocycles. The zero-order valence-corrected chi connectivity index (χ0v) is 15.3. The molecular formula is C19H17ClN4O3. The number of amides is 1. The van der Waals surface area contributed by atoms with E-state index in [4.69, 9.17) is 16.3 Å². The molecule has 0 saturated carbocycles. The Balaban J connectivity index is 1.61. The van der Waals surface area contributed by atoms with E-state index in [-0.39, 0.29) is 11.6 Å². The van der Waals surface area contributed by atoms with Crippen molar-refractivity contribution in [2.75, 3.05) is 23.4 Å². The number of carbonyl (C=O) groups is 1. The number of cyclic esters (lactones) is 1. The SMILES string of the molecule is CC(Nc1cccc(N2CCOC2=O)n1)c1cc2cc(Cl)ccc2[nH]c1=O. The highest BCUT2D eigenvalue weighted by Crippen LogP contribution is 2.23. The van der Waals surface area contributed by atoms with Crippen molar-refractivity contribution in [2.24, 2.45) is 0 Å². The molecule has 27 heavy (non-hydrogen) atoms. The second-order valence-electron chi connectivity index (χ2n) is 6.30. The van der Waals surface area contributed by atoms with Crippen molar-refractivity contribution in [1.29, 1.82) is 0 Å². The lowest BCUT2D eigenvalue weighted by atomic mass is 10.1. The van der Waals surface area contributed by atoms with Gasteiger partial charge in [0.2, 0.25) is 0 Å². The first kappa shape index (κ1) is 17.4. The van der Waals surface area contributed by atoms with Crippen molar-refractivity contribution >= 4 is 40.2 Å². The van der Waals surface area contributed by atoms with Crippen LogP contribution in [-0.4, -0.2) is 29.2 Å². The van der Waals surface area contributed by atoms with Gasteiger partial charge in [0.1, 0.15) is 18.2 Å². The molecule has 4 rings (SSSR count). The predicted octanol–water partition coefficient (Wildman–Crippen LogP) is 3.71. The second-order valence-corrected chi connectivity index (χ2v) is 6.73. The number of nitrogens with zero attached hydrogens (tertiary/aromatic N) is 2. The summed E-state index contributed by atoms with van der Waals surface area (Å²) in [5.74, 6) is 1.07. The quantitative estimate of drug-likeness (QED) is 0.716. The number of halogens is 1. The van der Waals surface area contributed by atoms with Crippen LogP contribution >= 0.6 is 11.6 Å². The van der Waals surface area contributed by atoms with E-state index in [1.807, 2.05) is 13.0 Å². The number of aromatic amines is 1. The Bertz CT molecular complexity index is 1080. The minimum atomic E-state index is -0.407. The molecule has 1 amide bonds. The number of carbonyl (C=O) groups excluding carboxylic acids is 1. The van der Waals surface area contributed by atoms with Crippen LogP contribution < -0.4 is 15.8 Å². The number of aromatic nitrogens is 2. The monoisotopic (exact) mass is 384 g/mol. The largest absolute Gasteiger partial charge is 0.447 e. The summed E-state index contributed by atoms with van der Waals surface area (Å²) in [6, 6.07) is 12.2. The van der Waals surface area contributed by atoms with Gasteiger partial charge in [0.25, 0.3) is 5.56 Å². The number of anilines is 2. The van der Waals surface area contributed by atoms with Crippen LogP contribution in [0, 0.1) is 0 Å². The zero-order chi connectivity index (χ0) is 19.0. The van der Waals surface area contributed by atoms with Crippen LogP contribution in [0.3, 0.4) is 0 Å². The van der Waals surface area contributed by atoms with Gasteiger partial charge in [-0.2, -0.15) is 0 Å². The summed E-state index contributed by atoms with van der Waals surface area (Å²) in [5.41, 5.74) is 1.12. The molecule has 2 N–H and O–H groups in total. The van der Waals surface area contributed by atoms with E-state index in [0.717, 1.165) is 10.9 Å². The smallest absolute Gasteiger partial charge is 0.415 e. The van der Waals surface area contributed by atoms with Gasteiger partial charge in [0.15, 0.2) is 0 Å². The van der Waals surface area contributed by atoms with Crippen molar-refractivity contribution in [3.05, 3.63) is 63.4 Å². The third kappa shape index (κ3) is 3.46. The highest BCUT2D eigenvalue weighted by molar-refractivity contribution is 6.31. The van der Waals surface area contributed by atoms with E-state index < -0.39 is 6.09 Å². The van der Waals surface area contributed by atoms with Crippen molar-refractivity contribution in [2.45, 2.75) is 13.0 Å². The highest BCUT2D eigenvalue weighted by Gasteiger charge is 2.24. The van der Waals surface area contributed by atoms with Crippen LogP contribution in [0.15, 0.2) is 47.3 Å². The van der Waals surface area contributed by atoms with Crippen LogP contribution in [0.5, 0.6) is 0 Å². The number of hydrogen-bond acceptors (Lipinski definition) is 5. The lowest BCUT2D eigenvalue weighted by Crippen LogP contribution is -2.25. The van der Waals surface area contributed by atoms with Crippen LogP contribution in [-0.2, 0) is 4.74 Å². The molecule has 1 unspecified atom stereocenters. The Kier molecular flexibility index (Phi) is 4.45. The summed E-state index contributed by atoms with van der Waals surface area (Å²) in [6.45, 7) is 2.69. The van der Waals surface area contributed by atoms with Gasteiger partial charge in [-0.05, 0) is 43.3 Å². The third-order valence-corrected chi connectivity index (χ3v) is 4.67. The lowest BCUT2D eigenvalue weighted by molar-refractivity contribution is 0.181. The molecule has 0 radical (unpaired) electrons. The molecule has 3 heterocycles. The zero-order valence-electron chi connectivity index (χ0n) is 14.5. The van der Waals surface area contributed by atoms with Gasteiger partial charge in [0, 0.05) is 21.5 Å². The molecule has 8 heteroatoms.